The van der Waals surface area contributed by atoms with Crippen LogP contribution in [0.2, 0.25) is 0 Å². The second-order valence-corrected chi connectivity index (χ2v) is 6.30. The van der Waals surface area contributed by atoms with Crippen molar-refractivity contribution in [3.8, 4) is 0 Å². The van der Waals surface area contributed by atoms with E-state index in [1.165, 1.54) is 56.8 Å². The molecule has 0 spiro atoms. The van der Waals surface area contributed by atoms with Gasteiger partial charge >= 0.3 is 0 Å². The van der Waals surface area contributed by atoms with E-state index in [0.29, 0.717) is 12.1 Å². The van der Waals surface area contributed by atoms with Crippen molar-refractivity contribution in [2.45, 2.75) is 37.8 Å². The second kappa shape index (κ2) is 7.62. The van der Waals surface area contributed by atoms with Gasteiger partial charge in [0.2, 0.25) is 0 Å². The maximum atomic E-state index is 5.57. The van der Waals surface area contributed by atoms with E-state index in [1.54, 1.807) is 0 Å². The van der Waals surface area contributed by atoms with Crippen molar-refractivity contribution >= 4 is 11.8 Å². The van der Waals surface area contributed by atoms with Gasteiger partial charge in [-0.25, -0.2) is 0 Å². The summed E-state index contributed by atoms with van der Waals surface area (Å²) < 4.78 is 5.57. The number of methoxy groups -OCH3 is 1. The highest BCUT2D eigenvalue weighted by Crippen LogP contribution is 2.20. The number of rotatable bonds is 5. The molecular formula is C13H26N2OS. The molecule has 3 nitrogen and oxygen atoms in total. The lowest BCUT2D eigenvalue weighted by molar-refractivity contribution is 0.0412. The first-order valence-electron chi connectivity index (χ1n) is 6.96. The molecule has 2 aliphatic rings. The Labute approximate surface area is 110 Å². The van der Waals surface area contributed by atoms with Gasteiger partial charge in [0.1, 0.15) is 0 Å². The minimum atomic E-state index is 0.445. The van der Waals surface area contributed by atoms with Gasteiger partial charge in [0.25, 0.3) is 0 Å². The number of ether oxygens (including phenoxy) is 1. The van der Waals surface area contributed by atoms with Crippen molar-refractivity contribution in [3.63, 3.8) is 0 Å². The average Bonchev–Trinajstić information content (AvgIpc) is 2.40. The monoisotopic (exact) mass is 258 g/mol. The lowest BCUT2D eigenvalue weighted by atomic mass is 9.92. The van der Waals surface area contributed by atoms with Gasteiger partial charge in [0.05, 0.1) is 6.10 Å². The molecule has 1 saturated heterocycles. The van der Waals surface area contributed by atoms with Gasteiger partial charge in [-0.1, -0.05) is 12.8 Å². The minimum absolute atomic E-state index is 0.445. The first kappa shape index (κ1) is 13.7. The first-order valence-corrected chi connectivity index (χ1v) is 8.12. The van der Waals surface area contributed by atoms with E-state index >= 15 is 0 Å². The SMILES string of the molecule is COC1CCCCC1NCCN1CCSCC1. The summed E-state index contributed by atoms with van der Waals surface area (Å²) in [6, 6.07) is 0.591. The summed E-state index contributed by atoms with van der Waals surface area (Å²) >= 11 is 2.08. The number of thioether (sulfide) groups is 1. The Morgan fingerprint density at radius 2 is 2.00 bits per heavy atom. The fourth-order valence-electron chi connectivity index (χ4n) is 2.85. The van der Waals surface area contributed by atoms with E-state index in [1.807, 2.05) is 7.11 Å². The van der Waals surface area contributed by atoms with Crippen molar-refractivity contribution in [2.75, 3.05) is 44.8 Å². The predicted octanol–water partition coefficient (Wildman–Crippen LogP) is 1.58. The number of nitrogens with one attached hydrogen (secondary N) is 1. The molecular weight excluding hydrogens is 232 g/mol. The van der Waals surface area contributed by atoms with Crippen LogP contribution in [0.1, 0.15) is 25.7 Å². The maximum absolute atomic E-state index is 5.57. The van der Waals surface area contributed by atoms with Crippen LogP contribution in [-0.2, 0) is 4.74 Å². The van der Waals surface area contributed by atoms with Crippen molar-refractivity contribution < 1.29 is 4.74 Å². The summed E-state index contributed by atoms with van der Waals surface area (Å²) in [5.41, 5.74) is 0. The van der Waals surface area contributed by atoms with Crippen LogP contribution in [0, 0.1) is 0 Å². The van der Waals surface area contributed by atoms with Crippen molar-refractivity contribution in [1.82, 2.24) is 10.2 Å². The molecule has 17 heavy (non-hydrogen) atoms. The van der Waals surface area contributed by atoms with Crippen LogP contribution < -0.4 is 5.32 Å². The molecule has 1 heterocycles. The number of hydrogen-bond acceptors (Lipinski definition) is 4. The third-order valence-electron chi connectivity index (χ3n) is 3.94. The standard InChI is InChI=1S/C13H26N2OS/c1-16-13-5-3-2-4-12(13)14-6-7-15-8-10-17-11-9-15/h12-14H,2-11H2,1H3. The van der Waals surface area contributed by atoms with Crippen LogP contribution in [-0.4, -0.2) is 61.8 Å². The lowest BCUT2D eigenvalue weighted by Crippen LogP contribution is -2.46. The Kier molecular flexibility index (Phi) is 6.12. The van der Waals surface area contributed by atoms with Gasteiger partial charge in [0, 0.05) is 50.8 Å². The second-order valence-electron chi connectivity index (χ2n) is 5.07. The Morgan fingerprint density at radius 3 is 2.76 bits per heavy atom. The third-order valence-corrected chi connectivity index (χ3v) is 4.89. The zero-order chi connectivity index (χ0) is 11.9. The molecule has 0 aromatic rings. The number of hydrogen-bond donors (Lipinski definition) is 1. The molecule has 0 aromatic carbocycles. The van der Waals surface area contributed by atoms with Gasteiger partial charge < -0.3 is 15.0 Å². The molecule has 100 valence electrons. The molecule has 1 aliphatic heterocycles. The molecule has 0 amide bonds. The summed E-state index contributed by atoms with van der Waals surface area (Å²) in [5.74, 6) is 2.62. The van der Waals surface area contributed by atoms with Crippen LogP contribution in [0.5, 0.6) is 0 Å². The topological polar surface area (TPSA) is 24.5 Å². The predicted molar refractivity (Wildman–Crippen MR) is 74.8 cm³/mol. The van der Waals surface area contributed by atoms with Crippen molar-refractivity contribution in [3.05, 3.63) is 0 Å². The van der Waals surface area contributed by atoms with E-state index in [-0.39, 0.29) is 0 Å². The number of nitrogens with zero attached hydrogens (tertiary/aromatic N) is 1. The fraction of sp³-hybridized carbons (Fsp3) is 1.00. The van der Waals surface area contributed by atoms with Gasteiger partial charge in [-0.05, 0) is 12.8 Å². The van der Waals surface area contributed by atoms with Crippen molar-refractivity contribution in [1.29, 1.82) is 0 Å². The van der Waals surface area contributed by atoms with Crippen LogP contribution in [0.15, 0.2) is 0 Å². The molecule has 4 heteroatoms. The molecule has 1 N–H and O–H groups in total. The van der Waals surface area contributed by atoms with E-state index in [4.69, 9.17) is 4.74 Å². The molecule has 2 rings (SSSR count). The van der Waals surface area contributed by atoms with Crippen LogP contribution >= 0.6 is 11.8 Å². The van der Waals surface area contributed by atoms with Gasteiger partial charge in [-0.2, -0.15) is 11.8 Å². The average molecular weight is 258 g/mol. The molecule has 1 saturated carbocycles. The Balaban J connectivity index is 1.62. The molecule has 1 aliphatic carbocycles. The quantitative estimate of drug-likeness (QED) is 0.809. The molecule has 2 unspecified atom stereocenters. The summed E-state index contributed by atoms with van der Waals surface area (Å²) in [7, 11) is 1.85. The summed E-state index contributed by atoms with van der Waals surface area (Å²) in [5, 5.41) is 3.70. The molecule has 0 radical (unpaired) electrons. The lowest BCUT2D eigenvalue weighted by Gasteiger charge is -2.32. The van der Waals surface area contributed by atoms with Crippen LogP contribution in [0.25, 0.3) is 0 Å². The Bertz CT molecular complexity index is 210. The third kappa shape index (κ3) is 4.43. The maximum Gasteiger partial charge on any atom is 0.0724 e. The highest BCUT2D eigenvalue weighted by molar-refractivity contribution is 7.99. The normalized spacial score (nSPS) is 31.6. The molecule has 2 fully saturated rings. The van der Waals surface area contributed by atoms with Crippen LogP contribution in [0.4, 0.5) is 0 Å². The van der Waals surface area contributed by atoms with Gasteiger partial charge in [-0.3, -0.25) is 0 Å². The van der Waals surface area contributed by atoms with E-state index < -0.39 is 0 Å². The van der Waals surface area contributed by atoms with Crippen LogP contribution in [0.3, 0.4) is 0 Å². The minimum Gasteiger partial charge on any atom is -0.380 e. The van der Waals surface area contributed by atoms with Gasteiger partial charge in [0.15, 0.2) is 0 Å². The summed E-state index contributed by atoms with van der Waals surface area (Å²) in [6.07, 6.45) is 5.65. The van der Waals surface area contributed by atoms with E-state index in [2.05, 4.69) is 22.0 Å². The van der Waals surface area contributed by atoms with Crippen molar-refractivity contribution in [2.24, 2.45) is 0 Å². The fourth-order valence-corrected chi connectivity index (χ4v) is 3.82. The highest BCUT2D eigenvalue weighted by Gasteiger charge is 2.24. The Hall–Kier alpha value is 0.230. The largest absolute Gasteiger partial charge is 0.380 e. The smallest absolute Gasteiger partial charge is 0.0724 e. The molecule has 2 atom stereocenters. The molecule has 0 aromatic heterocycles. The highest BCUT2D eigenvalue weighted by atomic mass is 32.2. The van der Waals surface area contributed by atoms with E-state index in [0.717, 1.165) is 6.54 Å². The zero-order valence-electron chi connectivity index (χ0n) is 11.0. The summed E-state index contributed by atoms with van der Waals surface area (Å²) in [4.78, 5) is 2.58. The molecule has 0 bridgehead atoms. The van der Waals surface area contributed by atoms with Gasteiger partial charge in [-0.15, -0.1) is 0 Å². The Morgan fingerprint density at radius 1 is 1.24 bits per heavy atom. The first-order chi connectivity index (χ1) is 8.40. The zero-order valence-corrected chi connectivity index (χ0v) is 11.8. The van der Waals surface area contributed by atoms with E-state index in [9.17, 15) is 0 Å². The summed E-state index contributed by atoms with van der Waals surface area (Å²) in [6.45, 7) is 4.86.